The molecule has 0 spiro atoms. The Hall–Kier alpha value is -7.00. The summed E-state index contributed by atoms with van der Waals surface area (Å²) in [6.45, 7) is 4.86. The second-order valence-electron chi connectivity index (χ2n) is 20.3. The van der Waals surface area contributed by atoms with Crippen LogP contribution >= 0.6 is 0 Å². The molecule has 17 nitrogen and oxygen atoms in total. The zero-order chi connectivity index (χ0) is 55.2. The molecule has 6 N–H and O–H groups in total. The first-order valence-corrected chi connectivity index (χ1v) is 24.5. The molecule has 3 fully saturated rings. The van der Waals surface area contributed by atoms with Crippen molar-refractivity contribution < 1.29 is 65.2 Å². The fourth-order valence-corrected chi connectivity index (χ4v) is 9.47. The van der Waals surface area contributed by atoms with Gasteiger partial charge in [0.2, 0.25) is 5.91 Å². The number of carbonyl (C=O) groups is 4. The number of carbonyl (C=O) groups excluding carboxylic acids is 3. The molecule has 23 heteroatoms. The summed E-state index contributed by atoms with van der Waals surface area (Å²) in [4.78, 5) is 66.0. The van der Waals surface area contributed by atoms with Gasteiger partial charge in [0.15, 0.2) is 0 Å². The number of rotatable bonds is 18. The quantitative estimate of drug-likeness (QED) is 0.0381. The lowest BCUT2D eigenvalue weighted by molar-refractivity contribution is -0.221. The highest BCUT2D eigenvalue weighted by Gasteiger charge is 2.57. The van der Waals surface area contributed by atoms with E-state index in [1.807, 2.05) is 17.4 Å². The van der Waals surface area contributed by atoms with Crippen LogP contribution in [0.3, 0.4) is 0 Å². The van der Waals surface area contributed by atoms with Gasteiger partial charge >= 0.3 is 24.5 Å². The summed E-state index contributed by atoms with van der Waals surface area (Å²) in [5.41, 5.74) is -0.281. The Morgan fingerprint density at radius 1 is 0.763 bits per heavy atom. The van der Waals surface area contributed by atoms with Gasteiger partial charge in [-0.2, -0.15) is 26.3 Å². The maximum absolute atomic E-state index is 14.5. The summed E-state index contributed by atoms with van der Waals surface area (Å²) < 4.78 is 96.7. The number of halogens is 6. The van der Waals surface area contributed by atoms with Crippen LogP contribution in [0.25, 0.3) is 11.3 Å². The number of aliphatic hydroxyl groups is 1. The Morgan fingerprint density at radius 2 is 1.36 bits per heavy atom. The number of nitrogens with one attached hydrogen (secondary N) is 4. The lowest BCUT2D eigenvalue weighted by Crippen LogP contribution is -2.63. The largest absolute Gasteiger partial charge is 0.465 e. The monoisotopic (exact) mass is 1070 g/mol. The molecule has 3 saturated heterocycles. The molecular weight excluding hydrogens is 1000 g/mol. The Morgan fingerprint density at radius 3 is 1.88 bits per heavy atom. The third-order valence-corrected chi connectivity index (χ3v) is 14.3. The van der Waals surface area contributed by atoms with Gasteiger partial charge in [-0.3, -0.25) is 24.9 Å². The molecule has 5 heterocycles. The van der Waals surface area contributed by atoms with Crippen LogP contribution in [-0.2, 0) is 32.0 Å². The predicted molar refractivity (Wildman–Crippen MR) is 266 cm³/mol. The number of hydrogen-bond acceptors (Lipinski definition) is 12. The van der Waals surface area contributed by atoms with Gasteiger partial charge in [0.1, 0.15) is 17.9 Å². The Balaban J connectivity index is 1.14. The molecule has 2 aromatic heterocycles. The minimum atomic E-state index is -5.11. The lowest BCUT2D eigenvalue weighted by atomic mass is 9.82. The van der Waals surface area contributed by atoms with Gasteiger partial charge in [-0.15, -0.1) is 0 Å². The van der Waals surface area contributed by atoms with Crippen LogP contribution < -0.4 is 26.3 Å². The highest BCUT2D eigenvalue weighted by molar-refractivity contribution is 5.87. The van der Waals surface area contributed by atoms with Crippen LogP contribution in [0.2, 0.25) is 0 Å². The van der Waals surface area contributed by atoms with Crippen molar-refractivity contribution in [2.24, 2.45) is 10.8 Å². The number of aromatic nitrogens is 2. The molecule has 7 rings (SSSR count). The molecule has 4 aromatic rings. The summed E-state index contributed by atoms with van der Waals surface area (Å²) in [6, 6.07) is 17.2. The van der Waals surface area contributed by atoms with E-state index < -0.39 is 78.0 Å². The van der Waals surface area contributed by atoms with E-state index in [9.17, 15) is 55.7 Å². The van der Waals surface area contributed by atoms with E-state index in [2.05, 4.69) is 42.1 Å². The average Bonchev–Trinajstić information content (AvgIpc) is 3.58. The SMILES string of the molecule is COC(=O)NC(C(=O)NC(Cc1ccc(C#Cc2ccc(N3CC4CCC(C3)N4C3COC3)nc2)cc1)C(O)CN(Cc1ccc(-c2ccccn2)cc1)NC(=O)C(NC(=O)O)C(C)(C)C(F)(F)F)C(C)(C)C(F)(F)F. The van der Waals surface area contributed by atoms with Crippen LogP contribution in [0.1, 0.15) is 62.8 Å². The van der Waals surface area contributed by atoms with E-state index in [0.717, 1.165) is 57.1 Å². The van der Waals surface area contributed by atoms with E-state index in [1.165, 1.54) is 0 Å². The third-order valence-electron chi connectivity index (χ3n) is 14.3. The smallest absolute Gasteiger partial charge is 0.407 e. The fraction of sp³-hybridized carbons (Fsp3) is 0.472. The van der Waals surface area contributed by atoms with Gasteiger partial charge in [0, 0.05) is 67.3 Å². The normalized spacial score (nSPS) is 18.8. The summed E-state index contributed by atoms with van der Waals surface area (Å²) in [7, 11) is 0.887. The number of benzene rings is 2. The number of fused-ring (bicyclic) bond motifs is 2. The first-order valence-electron chi connectivity index (χ1n) is 24.5. The number of carboxylic acid groups (broad SMARTS) is 1. The minimum absolute atomic E-state index is 0.293. The fourth-order valence-electron chi connectivity index (χ4n) is 9.47. The molecule has 408 valence electrons. The van der Waals surface area contributed by atoms with Crippen molar-refractivity contribution >= 4 is 29.8 Å². The van der Waals surface area contributed by atoms with Crippen molar-refractivity contribution in [3.8, 4) is 23.1 Å². The molecule has 6 unspecified atom stereocenters. The van der Waals surface area contributed by atoms with Gasteiger partial charge in [-0.05, 0) is 94.5 Å². The minimum Gasteiger partial charge on any atom is -0.465 e. The predicted octanol–water partition coefficient (Wildman–Crippen LogP) is 6.05. The Bertz CT molecular complexity index is 2700. The summed E-state index contributed by atoms with van der Waals surface area (Å²) >= 11 is 0. The van der Waals surface area contributed by atoms with Gasteiger partial charge in [-0.1, -0.05) is 54.3 Å². The van der Waals surface area contributed by atoms with Crippen LogP contribution in [0.4, 0.5) is 41.7 Å². The van der Waals surface area contributed by atoms with Crippen LogP contribution in [0.15, 0.2) is 91.3 Å². The number of alkyl halides is 6. The molecule has 2 aromatic carbocycles. The summed E-state index contributed by atoms with van der Waals surface area (Å²) in [5.74, 6) is 4.17. The van der Waals surface area contributed by atoms with E-state index in [4.69, 9.17) is 9.72 Å². The summed E-state index contributed by atoms with van der Waals surface area (Å²) in [5, 5.41) is 28.6. The number of aliphatic hydroxyl groups excluding tert-OH is 1. The zero-order valence-corrected chi connectivity index (χ0v) is 42.4. The zero-order valence-electron chi connectivity index (χ0n) is 42.4. The Labute approximate surface area is 435 Å². The highest BCUT2D eigenvalue weighted by atomic mass is 19.4. The lowest BCUT2D eigenvalue weighted by Gasteiger charge is -2.47. The van der Waals surface area contributed by atoms with Crippen LogP contribution in [0.5, 0.6) is 0 Å². The number of hydrogen-bond donors (Lipinski definition) is 6. The van der Waals surface area contributed by atoms with Crippen LogP contribution in [0, 0.1) is 22.7 Å². The molecular formula is C53H61F6N9O8. The second-order valence-corrected chi connectivity index (χ2v) is 20.3. The molecule has 2 bridgehead atoms. The van der Waals surface area contributed by atoms with Crippen molar-refractivity contribution in [1.82, 2.24) is 41.3 Å². The van der Waals surface area contributed by atoms with Gasteiger partial charge in [-0.25, -0.2) is 19.6 Å². The van der Waals surface area contributed by atoms with E-state index in [0.29, 0.717) is 79.3 Å². The van der Waals surface area contributed by atoms with Crippen molar-refractivity contribution in [2.75, 3.05) is 44.9 Å². The first kappa shape index (κ1) is 56.7. The van der Waals surface area contributed by atoms with Crippen molar-refractivity contribution in [3.63, 3.8) is 0 Å². The molecule has 3 aliphatic rings. The number of amides is 4. The van der Waals surface area contributed by atoms with E-state index >= 15 is 0 Å². The number of piperazine rings is 1. The van der Waals surface area contributed by atoms with Crippen molar-refractivity contribution in [3.05, 3.63) is 114 Å². The molecule has 6 atom stereocenters. The number of ether oxygens (including phenoxy) is 2. The third kappa shape index (κ3) is 13.5. The number of alkyl carbamates (subject to hydrolysis) is 1. The Kier molecular flexibility index (Phi) is 17.5. The van der Waals surface area contributed by atoms with Gasteiger partial charge in [0.25, 0.3) is 5.91 Å². The maximum atomic E-state index is 14.5. The maximum Gasteiger partial charge on any atom is 0.407 e. The average molecular weight is 1070 g/mol. The number of hydrazine groups is 1. The number of pyridine rings is 2. The van der Waals surface area contributed by atoms with Crippen LogP contribution in [-0.4, -0.2) is 149 Å². The topological polar surface area (TPSA) is 211 Å². The molecule has 0 radical (unpaired) electrons. The summed E-state index contributed by atoms with van der Waals surface area (Å²) in [6.07, 6.45) is -10.1. The number of anilines is 1. The molecule has 76 heavy (non-hydrogen) atoms. The van der Waals surface area contributed by atoms with E-state index in [1.54, 1.807) is 84.4 Å². The van der Waals surface area contributed by atoms with Gasteiger partial charge < -0.3 is 40.5 Å². The molecule has 0 saturated carbocycles. The standard InChI is InChI=1S/C53H61F6N9O8/c1-50(2,52(54,55)56)44(64-49(74)75-5)46(70)62-41(24-33-12-9-32(10-13-33)11-14-34-17-22-43(61-25-34)66-27-37-20-21-38(28-66)68(37)39-30-76-31-39)42(69)29-67(26-35-15-18-36(19-16-35)40-8-6-7-23-60-40)65-47(71)45(63-48(72)73)51(3,4)53(57,58)59/h6-10,12-13,15-19,22-23,25,37-39,41-42,44-45,63,69H,20-21,24,26-31H2,1-5H3,(H,62,70)(H,64,74)(H,65,71)(H,72,73). The first-order chi connectivity index (χ1) is 35.8. The van der Waals surface area contributed by atoms with Crippen molar-refractivity contribution in [2.45, 2.75) is 108 Å². The molecule has 0 aliphatic carbocycles. The molecule has 3 aliphatic heterocycles. The number of methoxy groups -OCH3 is 1. The second kappa shape index (κ2) is 23.5. The number of nitrogens with zero attached hydrogens (tertiary/aromatic N) is 5. The molecule has 4 amide bonds. The van der Waals surface area contributed by atoms with E-state index in [-0.39, 0.29) is 13.0 Å². The highest BCUT2D eigenvalue weighted by Crippen LogP contribution is 2.42. The van der Waals surface area contributed by atoms with Gasteiger partial charge in [0.05, 0.1) is 55.0 Å². The van der Waals surface area contributed by atoms with Crippen molar-refractivity contribution in [1.29, 1.82) is 0 Å².